The van der Waals surface area contributed by atoms with E-state index in [1.54, 1.807) is 19.2 Å². The largest absolute Gasteiger partial charge is 0.508 e. The Hall–Kier alpha value is -3.80. The van der Waals surface area contributed by atoms with Crippen molar-refractivity contribution in [3.8, 4) is 11.5 Å². The Labute approximate surface area is 175 Å². The average molecular weight is 405 g/mol. The number of ether oxygens (including phenoxy) is 2. The number of amides is 1. The number of hydrogen-bond acceptors (Lipinski definition) is 5. The predicted octanol–water partition coefficient (Wildman–Crippen LogP) is 3.39. The molecular weight excluding hydrogens is 382 g/mol. The van der Waals surface area contributed by atoms with E-state index in [0.717, 1.165) is 16.9 Å². The van der Waals surface area contributed by atoms with Gasteiger partial charge in [0, 0.05) is 0 Å². The molecule has 3 aromatic rings. The van der Waals surface area contributed by atoms with Gasteiger partial charge in [0.15, 0.2) is 6.61 Å². The summed E-state index contributed by atoms with van der Waals surface area (Å²) >= 11 is 0. The van der Waals surface area contributed by atoms with Gasteiger partial charge in [0.25, 0.3) is 5.91 Å². The normalized spacial score (nSPS) is 11.4. The van der Waals surface area contributed by atoms with Crippen LogP contribution in [-0.4, -0.2) is 30.7 Å². The van der Waals surface area contributed by atoms with Crippen LogP contribution in [0.2, 0.25) is 0 Å². The second-order valence-corrected chi connectivity index (χ2v) is 6.69. The number of aromatic hydroxyl groups is 1. The van der Waals surface area contributed by atoms with Crippen LogP contribution in [0.15, 0.2) is 78.9 Å². The van der Waals surface area contributed by atoms with Gasteiger partial charge < -0.3 is 19.9 Å². The van der Waals surface area contributed by atoms with Gasteiger partial charge >= 0.3 is 5.97 Å². The molecule has 0 saturated carbocycles. The summed E-state index contributed by atoms with van der Waals surface area (Å²) in [5.74, 6) is -0.0766. The molecule has 0 fully saturated rings. The SMILES string of the molecule is COc1ccc([C@@H](NC(=O)COC(=O)Cc2ccc(O)cc2)c2ccccc2)cc1. The Morgan fingerprint density at radius 1 is 0.900 bits per heavy atom. The Balaban J connectivity index is 1.62. The van der Waals surface area contributed by atoms with Crippen LogP contribution in [0.1, 0.15) is 22.7 Å². The van der Waals surface area contributed by atoms with Gasteiger partial charge in [-0.3, -0.25) is 9.59 Å². The van der Waals surface area contributed by atoms with Gasteiger partial charge in [0.1, 0.15) is 11.5 Å². The maximum Gasteiger partial charge on any atom is 0.310 e. The molecule has 0 aliphatic carbocycles. The van der Waals surface area contributed by atoms with E-state index < -0.39 is 11.9 Å². The highest BCUT2D eigenvalue weighted by Gasteiger charge is 2.18. The van der Waals surface area contributed by atoms with E-state index in [1.165, 1.54) is 12.1 Å². The molecule has 154 valence electrons. The quantitative estimate of drug-likeness (QED) is 0.561. The number of methoxy groups -OCH3 is 1. The number of carbonyl (C=O) groups excluding carboxylic acids is 2. The molecule has 3 rings (SSSR count). The first kappa shape index (κ1) is 20.9. The molecule has 0 bridgehead atoms. The van der Waals surface area contributed by atoms with Crippen LogP contribution >= 0.6 is 0 Å². The number of hydrogen-bond donors (Lipinski definition) is 2. The number of carbonyl (C=O) groups is 2. The predicted molar refractivity (Wildman–Crippen MR) is 112 cm³/mol. The van der Waals surface area contributed by atoms with Crippen molar-refractivity contribution in [3.63, 3.8) is 0 Å². The molecule has 3 aromatic carbocycles. The lowest BCUT2D eigenvalue weighted by Crippen LogP contribution is -2.33. The Bertz CT molecular complexity index is 969. The van der Waals surface area contributed by atoms with Crippen molar-refractivity contribution in [1.82, 2.24) is 5.32 Å². The van der Waals surface area contributed by atoms with Crippen LogP contribution in [0.3, 0.4) is 0 Å². The molecule has 0 aliphatic rings. The van der Waals surface area contributed by atoms with Gasteiger partial charge in [-0.25, -0.2) is 0 Å². The molecule has 0 saturated heterocycles. The summed E-state index contributed by atoms with van der Waals surface area (Å²) in [5.41, 5.74) is 2.48. The smallest absolute Gasteiger partial charge is 0.310 e. The lowest BCUT2D eigenvalue weighted by molar-refractivity contribution is -0.148. The van der Waals surface area contributed by atoms with Crippen molar-refractivity contribution in [2.45, 2.75) is 12.5 Å². The number of rotatable bonds is 8. The molecule has 0 heterocycles. The topological polar surface area (TPSA) is 84.9 Å². The first-order chi connectivity index (χ1) is 14.5. The standard InChI is InChI=1S/C24H23NO5/c1-29-21-13-9-19(10-14-21)24(18-5-3-2-4-6-18)25-22(27)16-30-23(28)15-17-7-11-20(26)12-8-17/h2-14,24,26H,15-16H2,1H3,(H,25,27)/t24-/m0/s1. The molecule has 30 heavy (non-hydrogen) atoms. The van der Waals surface area contributed by atoms with Gasteiger partial charge in [-0.1, -0.05) is 54.6 Å². The molecule has 0 spiro atoms. The van der Waals surface area contributed by atoms with E-state index in [2.05, 4.69) is 5.32 Å². The summed E-state index contributed by atoms with van der Waals surface area (Å²) in [5, 5.41) is 12.2. The van der Waals surface area contributed by atoms with E-state index in [-0.39, 0.29) is 24.8 Å². The highest BCUT2D eigenvalue weighted by Crippen LogP contribution is 2.24. The summed E-state index contributed by atoms with van der Waals surface area (Å²) < 4.78 is 10.3. The second-order valence-electron chi connectivity index (χ2n) is 6.69. The number of phenols is 1. The monoisotopic (exact) mass is 405 g/mol. The van der Waals surface area contributed by atoms with Gasteiger partial charge in [-0.15, -0.1) is 0 Å². The molecule has 2 N–H and O–H groups in total. The van der Waals surface area contributed by atoms with Crippen LogP contribution in [0, 0.1) is 0 Å². The van der Waals surface area contributed by atoms with Crippen LogP contribution < -0.4 is 10.1 Å². The molecule has 6 heteroatoms. The third kappa shape index (κ3) is 5.85. The van der Waals surface area contributed by atoms with E-state index in [0.29, 0.717) is 5.56 Å². The Kier molecular flexibility index (Phi) is 7.05. The van der Waals surface area contributed by atoms with E-state index in [1.807, 2.05) is 54.6 Å². The fraction of sp³-hybridized carbons (Fsp3) is 0.167. The summed E-state index contributed by atoms with van der Waals surface area (Å²) in [6, 6.07) is 22.8. The van der Waals surface area contributed by atoms with Crippen molar-refractivity contribution in [2.75, 3.05) is 13.7 Å². The lowest BCUT2D eigenvalue weighted by atomic mass is 9.98. The molecule has 0 unspecified atom stereocenters. The molecule has 1 amide bonds. The second kappa shape index (κ2) is 10.1. The van der Waals surface area contributed by atoms with Crippen LogP contribution in [0.4, 0.5) is 0 Å². The number of phenolic OH excluding ortho intramolecular Hbond substituents is 1. The van der Waals surface area contributed by atoms with Gasteiger partial charge in [0.2, 0.25) is 0 Å². The minimum Gasteiger partial charge on any atom is -0.508 e. The maximum absolute atomic E-state index is 12.5. The van der Waals surface area contributed by atoms with Crippen LogP contribution in [0.25, 0.3) is 0 Å². The summed E-state index contributed by atoms with van der Waals surface area (Å²) in [6.07, 6.45) is 0.0220. The van der Waals surface area contributed by atoms with E-state index in [9.17, 15) is 14.7 Å². The average Bonchev–Trinajstić information content (AvgIpc) is 2.78. The van der Waals surface area contributed by atoms with Crippen molar-refractivity contribution < 1.29 is 24.2 Å². The van der Waals surface area contributed by atoms with E-state index >= 15 is 0 Å². The van der Waals surface area contributed by atoms with Gasteiger partial charge in [-0.2, -0.15) is 0 Å². The van der Waals surface area contributed by atoms with Crippen molar-refractivity contribution in [2.24, 2.45) is 0 Å². The van der Waals surface area contributed by atoms with Gasteiger partial charge in [-0.05, 0) is 41.0 Å². The first-order valence-corrected chi connectivity index (χ1v) is 9.47. The molecule has 0 aromatic heterocycles. The van der Waals surface area contributed by atoms with Crippen molar-refractivity contribution >= 4 is 11.9 Å². The molecule has 0 radical (unpaired) electrons. The molecule has 6 nitrogen and oxygen atoms in total. The van der Waals surface area contributed by atoms with Gasteiger partial charge in [0.05, 0.1) is 19.6 Å². The van der Waals surface area contributed by atoms with E-state index in [4.69, 9.17) is 9.47 Å². The minimum atomic E-state index is -0.517. The number of esters is 1. The Morgan fingerprint density at radius 2 is 1.53 bits per heavy atom. The first-order valence-electron chi connectivity index (χ1n) is 9.47. The summed E-state index contributed by atoms with van der Waals surface area (Å²) in [4.78, 5) is 24.5. The van der Waals surface area contributed by atoms with Crippen molar-refractivity contribution in [3.05, 3.63) is 95.6 Å². The number of benzene rings is 3. The zero-order valence-electron chi connectivity index (χ0n) is 16.6. The summed E-state index contributed by atoms with van der Waals surface area (Å²) in [7, 11) is 1.60. The fourth-order valence-corrected chi connectivity index (χ4v) is 2.98. The number of nitrogens with one attached hydrogen (secondary N) is 1. The van der Waals surface area contributed by atoms with Crippen molar-refractivity contribution in [1.29, 1.82) is 0 Å². The molecular formula is C24H23NO5. The minimum absolute atomic E-state index is 0.0220. The highest BCUT2D eigenvalue weighted by atomic mass is 16.5. The molecule has 1 atom stereocenters. The van der Waals surface area contributed by atoms with Crippen LogP contribution in [0.5, 0.6) is 11.5 Å². The van der Waals surface area contributed by atoms with Crippen LogP contribution in [-0.2, 0) is 20.7 Å². The summed E-state index contributed by atoms with van der Waals surface area (Å²) in [6.45, 7) is -0.379. The lowest BCUT2D eigenvalue weighted by Gasteiger charge is -2.20. The third-order valence-corrected chi connectivity index (χ3v) is 4.54. The highest BCUT2D eigenvalue weighted by molar-refractivity contribution is 5.82. The maximum atomic E-state index is 12.5. The fourth-order valence-electron chi connectivity index (χ4n) is 2.98. The zero-order chi connectivity index (χ0) is 21.3. The third-order valence-electron chi connectivity index (χ3n) is 4.54. The molecule has 0 aliphatic heterocycles. The zero-order valence-corrected chi connectivity index (χ0v) is 16.6. The Morgan fingerprint density at radius 3 is 2.17 bits per heavy atom.